The van der Waals surface area contributed by atoms with Gasteiger partial charge in [0.25, 0.3) is 0 Å². The maximum absolute atomic E-state index is 3.49. The second-order valence-corrected chi connectivity index (χ2v) is 4.75. The van der Waals surface area contributed by atoms with E-state index >= 15 is 0 Å². The number of nitrogens with zero attached hydrogens (tertiary/aromatic N) is 1. The highest BCUT2D eigenvalue weighted by Gasteiger charge is 2.02. The molecule has 0 heterocycles. The fourth-order valence-corrected chi connectivity index (χ4v) is 1.92. The summed E-state index contributed by atoms with van der Waals surface area (Å²) in [5, 5.41) is 3.49. The fourth-order valence-electron chi connectivity index (χ4n) is 1.92. The van der Waals surface area contributed by atoms with Crippen molar-refractivity contribution in [2.24, 2.45) is 0 Å². The highest BCUT2D eigenvalue weighted by atomic mass is 15.1. The highest BCUT2D eigenvalue weighted by molar-refractivity contribution is 5.69. The smallest absolute Gasteiger partial charge is 0.0596 e. The van der Waals surface area contributed by atoms with E-state index in [1.54, 1.807) is 0 Å². The zero-order valence-electron chi connectivity index (χ0n) is 11.3. The van der Waals surface area contributed by atoms with Gasteiger partial charge in [-0.05, 0) is 24.6 Å². The summed E-state index contributed by atoms with van der Waals surface area (Å²) in [6.07, 6.45) is 0. The molecule has 0 aliphatic heterocycles. The summed E-state index contributed by atoms with van der Waals surface area (Å²) >= 11 is 0. The minimum absolute atomic E-state index is 0.852. The molecule has 0 saturated heterocycles. The number of hydrogen-bond acceptors (Lipinski definition) is 2. The summed E-state index contributed by atoms with van der Waals surface area (Å²) in [4.78, 5) is 2.12. The Bertz CT molecular complexity index is 501. The quantitative estimate of drug-likeness (QED) is 0.877. The first-order valence-corrected chi connectivity index (χ1v) is 6.22. The summed E-state index contributed by atoms with van der Waals surface area (Å²) in [7, 11) is 4.12. The van der Waals surface area contributed by atoms with Gasteiger partial charge in [0.15, 0.2) is 0 Å². The Hall–Kier alpha value is -1.96. The zero-order valence-corrected chi connectivity index (χ0v) is 11.3. The number of para-hydroxylation sites is 2. The van der Waals surface area contributed by atoms with E-state index in [0.717, 1.165) is 6.54 Å². The Morgan fingerprint density at radius 3 is 2.28 bits per heavy atom. The van der Waals surface area contributed by atoms with Crippen LogP contribution < -0.4 is 10.2 Å². The van der Waals surface area contributed by atoms with Crippen LogP contribution in [0.25, 0.3) is 0 Å². The molecule has 0 fully saturated rings. The van der Waals surface area contributed by atoms with Crippen molar-refractivity contribution < 1.29 is 0 Å². The van der Waals surface area contributed by atoms with Gasteiger partial charge in [-0.25, -0.2) is 0 Å². The van der Waals surface area contributed by atoms with Gasteiger partial charge in [0.05, 0.1) is 11.4 Å². The molecule has 2 aromatic rings. The van der Waals surface area contributed by atoms with Gasteiger partial charge in [-0.15, -0.1) is 0 Å². The molecule has 2 heteroatoms. The third-order valence-electron chi connectivity index (χ3n) is 2.99. The van der Waals surface area contributed by atoms with E-state index in [1.807, 2.05) is 0 Å². The van der Waals surface area contributed by atoms with Crippen LogP contribution in [0.3, 0.4) is 0 Å². The molecule has 0 aliphatic carbocycles. The fraction of sp³-hybridized carbons (Fsp3) is 0.250. The molecule has 0 atom stereocenters. The first-order valence-electron chi connectivity index (χ1n) is 6.22. The lowest BCUT2D eigenvalue weighted by molar-refractivity contribution is 1.10. The van der Waals surface area contributed by atoms with Crippen LogP contribution in [0.1, 0.15) is 11.1 Å². The lowest BCUT2D eigenvalue weighted by Crippen LogP contribution is -2.12. The lowest BCUT2D eigenvalue weighted by atomic mass is 10.1. The molecular weight excluding hydrogens is 220 g/mol. The van der Waals surface area contributed by atoms with Gasteiger partial charge in [0.2, 0.25) is 0 Å². The standard InChI is InChI=1S/C16H20N2/c1-13-8-10-14(11-9-13)12-17-15-6-4-5-7-16(15)18(2)3/h4-11,17H,12H2,1-3H3. The molecule has 0 aromatic heterocycles. The van der Waals surface area contributed by atoms with Crippen LogP contribution in [-0.2, 0) is 6.54 Å². The number of anilines is 2. The van der Waals surface area contributed by atoms with E-state index < -0.39 is 0 Å². The Morgan fingerprint density at radius 2 is 1.61 bits per heavy atom. The molecule has 0 saturated carbocycles. The van der Waals surface area contributed by atoms with Crippen molar-refractivity contribution in [3.63, 3.8) is 0 Å². The molecule has 2 rings (SSSR count). The topological polar surface area (TPSA) is 15.3 Å². The van der Waals surface area contributed by atoms with Crippen molar-refractivity contribution in [3.05, 3.63) is 59.7 Å². The van der Waals surface area contributed by atoms with Crippen LogP contribution in [0.2, 0.25) is 0 Å². The average Bonchev–Trinajstić information content (AvgIpc) is 2.38. The molecule has 1 N–H and O–H groups in total. The first-order chi connectivity index (χ1) is 8.66. The van der Waals surface area contributed by atoms with E-state index in [0.29, 0.717) is 0 Å². The number of benzene rings is 2. The van der Waals surface area contributed by atoms with E-state index in [4.69, 9.17) is 0 Å². The third-order valence-corrected chi connectivity index (χ3v) is 2.99. The predicted octanol–water partition coefficient (Wildman–Crippen LogP) is 3.67. The van der Waals surface area contributed by atoms with Crippen molar-refractivity contribution in [2.45, 2.75) is 13.5 Å². The number of nitrogens with one attached hydrogen (secondary N) is 1. The van der Waals surface area contributed by atoms with Gasteiger partial charge in [0, 0.05) is 20.6 Å². The van der Waals surface area contributed by atoms with Crippen LogP contribution in [0.5, 0.6) is 0 Å². The van der Waals surface area contributed by atoms with Crippen molar-refractivity contribution in [2.75, 3.05) is 24.3 Å². The number of rotatable bonds is 4. The second-order valence-electron chi connectivity index (χ2n) is 4.75. The molecule has 0 unspecified atom stereocenters. The van der Waals surface area contributed by atoms with E-state index in [-0.39, 0.29) is 0 Å². The van der Waals surface area contributed by atoms with Crippen molar-refractivity contribution >= 4 is 11.4 Å². The molecule has 0 spiro atoms. The maximum Gasteiger partial charge on any atom is 0.0596 e. The van der Waals surface area contributed by atoms with Crippen LogP contribution in [-0.4, -0.2) is 14.1 Å². The third kappa shape index (κ3) is 3.04. The lowest BCUT2D eigenvalue weighted by Gasteiger charge is -2.18. The summed E-state index contributed by atoms with van der Waals surface area (Å²) in [5.41, 5.74) is 4.98. The van der Waals surface area contributed by atoms with Crippen LogP contribution >= 0.6 is 0 Å². The van der Waals surface area contributed by atoms with Gasteiger partial charge >= 0.3 is 0 Å². The highest BCUT2D eigenvalue weighted by Crippen LogP contribution is 2.23. The molecule has 2 aromatic carbocycles. The van der Waals surface area contributed by atoms with Crippen LogP contribution in [0.4, 0.5) is 11.4 Å². The molecule has 0 amide bonds. The van der Waals surface area contributed by atoms with Crippen molar-refractivity contribution in [1.82, 2.24) is 0 Å². The number of hydrogen-bond donors (Lipinski definition) is 1. The SMILES string of the molecule is Cc1ccc(CNc2ccccc2N(C)C)cc1. The molecule has 0 aliphatic rings. The summed E-state index contributed by atoms with van der Waals surface area (Å²) in [5.74, 6) is 0. The Labute approximate surface area is 109 Å². The molecular formula is C16H20N2. The Morgan fingerprint density at radius 1 is 0.944 bits per heavy atom. The molecule has 0 bridgehead atoms. The molecule has 18 heavy (non-hydrogen) atoms. The van der Waals surface area contributed by atoms with Gasteiger partial charge < -0.3 is 10.2 Å². The average molecular weight is 240 g/mol. The summed E-state index contributed by atoms with van der Waals surface area (Å²) in [6.45, 7) is 2.96. The van der Waals surface area contributed by atoms with Crippen molar-refractivity contribution in [3.8, 4) is 0 Å². The largest absolute Gasteiger partial charge is 0.379 e. The monoisotopic (exact) mass is 240 g/mol. The van der Waals surface area contributed by atoms with E-state index in [2.05, 4.69) is 79.8 Å². The van der Waals surface area contributed by atoms with Crippen molar-refractivity contribution in [1.29, 1.82) is 0 Å². The van der Waals surface area contributed by atoms with E-state index in [1.165, 1.54) is 22.5 Å². The van der Waals surface area contributed by atoms with E-state index in [9.17, 15) is 0 Å². The second kappa shape index (κ2) is 5.58. The van der Waals surface area contributed by atoms with Gasteiger partial charge in [-0.2, -0.15) is 0 Å². The van der Waals surface area contributed by atoms with Crippen LogP contribution in [0.15, 0.2) is 48.5 Å². The Kier molecular flexibility index (Phi) is 3.88. The minimum Gasteiger partial charge on any atom is -0.379 e. The summed E-state index contributed by atoms with van der Waals surface area (Å²) in [6, 6.07) is 17.0. The normalized spacial score (nSPS) is 10.2. The molecule has 2 nitrogen and oxygen atoms in total. The van der Waals surface area contributed by atoms with Gasteiger partial charge in [-0.3, -0.25) is 0 Å². The summed E-state index contributed by atoms with van der Waals surface area (Å²) < 4.78 is 0. The maximum atomic E-state index is 3.49. The number of aryl methyl sites for hydroxylation is 1. The minimum atomic E-state index is 0.852. The Balaban J connectivity index is 2.08. The van der Waals surface area contributed by atoms with Gasteiger partial charge in [-0.1, -0.05) is 42.0 Å². The first kappa shape index (κ1) is 12.5. The van der Waals surface area contributed by atoms with Gasteiger partial charge in [0.1, 0.15) is 0 Å². The predicted molar refractivity (Wildman–Crippen MR) is 79.3 cm³/mol. The zero-order chi connectivity index (χ0) is 13.0. The van der Waals surface area contributed by atoms with Crippen LogP contribution in [0, 0.1) is 6.92 Å². The molecule has 0 radical (unpaired) electrons. The molecule has 94 valence electrons.